The maximum Gasteiger partial charge on any atom is 0.374 e. The number of likely N-dealkylation sites (N-methyl/N-ethyl adjacent to an activating group) is 1. The second kappa shape index (κ2) is 6.64. The van der Waals surface area contributed by atoms with Crippen LogP contribution in [0.5, 0.6) is 0 Å². The van der Waals surface area contributed by atoms with Gasteiger partial charge in [0.1, 0.15) is 5.52 Å². The van der Waals surface area contributed by atoms with Crippen LogP contribution in [0.3, 0.4) is 0 Å². The number of halogens is 2. The van der Waals surface area contributed by atoms with Gasteiger partial charge in [0, 0.05) is 18.1 Å². The molecule has 0 spiro atoms. The van der Waals surface area contributed by atoms with Crippen molar-refractivity contribution in [2.24, 2.45) is 0 Å². The third-order valence-electron chi connectivity index (χ3n) is 3.00. The minimum atomic E-state index is -0.459. The molecule has 0 atom stereocenters. The summed E-state index contributed by atoms with van der Waals surface area (Å²) in [5, 5.41) is 0.931. The summed E-state index contributed by atoms with van der Waals surface area (Å²) in [5.41, 5.74) is 1.29. The number of carbonyl (C=O) groups excluding carboxylic acids is 1. The first-order valence-electron chi connectivity index (χ1n) is 6.61. The van der Waals surface area contributed by atoms with Gasteiger partial charge >= 0.3 is 5.97 Å². The molecular formula is C14H17Cl2N3O2. The normalized spacial score (nSPS) is 11.3. The molecule has 0 aliphatic carbocycles. The summed E-state index contributed by atoms with van der Waals surface area (Å²) in [6.07, 6.45) is 0. The third kappa shape index (κ3) is 3.48. The van der Waals surface area contributed by atoms with Crippen molar-refractivity contribution in [1.29, 1.82) is 0 Å². The molecule has 7 heteroatoms. The van der Waals surface area contributed by atoms with Gasteiger partial charge in [-0.2, -0.15) is 0 Å². The Kier molecular flexibility index (Phi) is 5.08. The molecule has 0 amide bonds. The molecular weight excluding hydrogens is 313 g/mol. The van der Waals surface area contributed by atoms with Crippen LogP contribution in [0.15, 0.2) is 12.1 Å². The van der Waals surface area contributed by atoms with Gasteiger partial charge < -0.3 is 14.2 Å². The highest BCUT2D eigenvalue weighted by atomic mass is 35.5. The standard InChI is InChI=1S/C14H17Cl2N3O2/c1-4-21-14(20)13-17-12-10(16)7-9(15)8-11(12)19(13)6-5-18(2)3/h7-8H,4-6H2,1-3H3. The van der Waals surface area contributed by atoms with E-state index < -0.39 is 5.97 Å². The number of fused-ring (bicyclic) bond motifs is 1. The van der Waals surface area contributed by atoms with E-state index in [1.807, 2.05) is 19.0 Å². The number of imidazole rings is 1. The van der Waals surface area contributed by atoms with Crippen LogP contribution in [0.4, 0.5) is 0 Å². The Morgan fingerprint density at radius 1 is 1.38 bits per heavy atom. The lowest BCUT2D eigenvalue weighted by Crippen LogP contribution is -2.21. The van der Waals surface area contributed by atoms with Gasteiger partial charge in [-0.3, -0.25) is 0 Å². The van der Waals surface area contributed by atoms with Crippen LogP contribution in [-0.4, -0.2) is 47.7 Å². The number of esters is 1. The van der Waals surface area contributed by atoms with Crippen LogP contribution in [-0.2, 0) is 11.3 Å². The quantitative estimate of drug-likeness (QED) is 0.791. The third-order valence-corrected chi connectivity index (χ3v) is 3.51. The van der Waals surface area contributed by atoms with Crippen LogP contribution >= 0.6 is 23.2 Å². The molecule has 1 aromatic carbocycles. The SMILES string of the molecule is CCOC(=O)c1nc2c(Cl)cc(Cl)cc2n1CCN(C)C. The van der Waals surface area contributed by atoms with Gasteiger partial charge in [0.25, 0.3) is 0 Å². The van der Waals surface area contributed by atoms with Crippen molar-refractivity contribution in [2.75, 3.05) is 27.2 Å². The predicted molar refractivity (Wildman–Crippen MR) is 84.3 cm³/mol. The van der Waals surface area contributed by atoms with E-state index >= 15 is 0 Å². The maximum absolute atomic E-state index is 12.1. The van der Waals surface area contributed by atoms with Gasteiger partial charge in [-0.05, 0) is 33.2 Å². The fraction of sp³-hybridized carbons (Fsp3) is 0.429. The first-order chi connectivity index (χ1) is 9.93. The number of hydrogen-bond acceptors (Lipinski definition) is 4. The van der Waals surface area contributed by atoms with Gasteiger partial charge in [-0.15, -0.1) is 0 Å². The number of hydrogen-bond donors (Lipinski definition) is 0. The van der Waals surface area contributed by atoms with Crippen molar-refractivity contribution >= 4 is 40.2 Å². The molecule has 2 aromatic rings. The topological polar surface area (TPSA) is 47.4 Å². The number of ether oxygens (including phenoxy) is 1. The summed E-state index contributed by atoms with van der Waals surface area (Å²) >= 11 is 12.2. The van der Waals surface area contributed by atoms with Gasteiger partial charge in [-0.25, -0.2) is 9.78 Å². The summed E-state index contributed by atoms with van der Waals surface area (Å²) in [4.78, 5) is 18.4. The van der Waals surface area contributed by atoms with Crippen LogP contribution in [0.1, 0.15) is 17.5 Å². The average molecular weight is 330 g/mol. The number of rotatable bonds is 5. The molecule has 0 bridgehead atoms. The van der Waals surface area contributed by atoms with Crippen molar-refractivity contribution in [3.05, 3.63) is 28.0 Å². The number of benzene rings is 1. The number of nitrogens with zero attached hydrogens (tertiary/aromatic N) is 3. The Hall–Kier alpha value is -1.30. The molecule has 0 radical (unpaired) electrons. The van der Waals surface area contributed by atoms with E-state index in [-0.39, 0.29) is 5.82 Å². The van der Waals surface area contributed by atoms with E-state index in [9.17, 15) is 4.79 Å². The molecule has 1 aromatic heterocycles. The fourth-order valence-corrected chi connectivity index (χ4v) is 2.55. The number of carbonyl (C=O) groups is 1. The second-order valence-electron chi connectivity index (χ2n) is 4.87. The zero-order chi connectivity index (χ0) is 15.6. The van der Waals surface area contributed by atoms with Crippen molar-refractivity contribution in [3.8, 4) is 0 Å². The van der Waals surface area contributed by atoms with Gasteiger partial charge in [0.15, 0.2) is 0 Å². The highest BCUT2D eigenvalue weighted by Crippen LogP contribution is 2.28. The molecule has 114 valence electrons. The molecule has 0 saturated carbocycles. The predicted octanol–water partition coefficient (Wildman–Crippen LogP) is 3.08. The van der Waals surface area contributed by atoms with Gasteiger partial charge in [0.2, 0.25) is 5.82 Å². The minimum absolute atomic E-state index is 0.248. The van der Waals surface area contributed by atoms with E-state index in [0.29, 0.717) is 28.7 Å². The first kappa shape index (κ1) is 16.1. The molecule has 1 heterocycles. The van der Waals surface area contributed by atoms with Gasteiger partial charge in [0.05, 0.1) is 17.1 Å². The lowest BCUT2D eigenvalue weighted by molar-refractivity contribution is 0.0506. The van der Waals surface area contributed by atoms with E-state index in [1.165, 1.54) is 0 Å². The van der Waals surface area contributed by atoms with E-state index in [0.717, 1.165) is 12.1 Å². The largest absolute Gasteiger partial charge is 0.460 e. The average Bonchev–Trinajstić information content (AvgIpc) is 2.75. The summed E-state index contributed by atoms with van der Waals surface area (Å²) in [6.45, 7) is 3.40. The summed E-state index contributed by atoms with van der Waals surface area (Å²) < 4.78 is 6.86. The summed E-state index contributed by atoms with van der Waals surface area (Å²) in [7, 11) is 3.92. The zero-order valence-corrected chi connectivity index (χ0v) is 13.7. The van der Waals surface area contributed by atoms with Gasteiger partial charge in [-0.1, -0.05) is 23.2 Å². The minimum Gasteiger partial charge on any atom is -0.460 e. The molecule has 0 aliphatic heterocycles. The van der Waals surface area contributed by atoms with Crippen molar-refractivity contribution in [3.63, 3.8) is 0 Å². The van der Waals surface area contributed by atoms with Crippen LogP contribution in [0.25, 0.3) is 11.0 Å². The molecule has 0 aliphatic rings. The lowest BCUT2D eigenvalue weighted by atomic mass is 10.3. The molecule has 0 saturated heterocycles. The molecule has 2 rings (SSSR count). The molecule has 0 fully saturated rings. The smallest absolute Gasteiger partial charge is 0.374 e. The van der Waals surface area contributed by atoms with Crippen LogP contribution in [0, 0.1) is 0 Å². The highest BCUT2D eigenvalue weighted by molar-refractivity contribution is 6.38. The van der Waals surface area contributed by atoms with Crippen LogP contribution < -0.4 is 0 Å². The van der Waals surface area contributed by atoms with Crippen molar-refractivity contribution in [1.82, 2.24) is 14.5 Å². The molecule has 0 N–H and O–H groups in total. The van der Waals surface area contributed by atoms with E-state index in [4.69, 9.17) is 27.9 Å². The van der Waals surface area contributed by atoms with E-state index in [2.05, 4.69) is 4.98 Å². The lowest BCUT2D eigenvalue weighted by Gasteiger charge is -2.13. The Morgan fingerprint density at radius 2 is 2.10 bits per heavy atom. The van der Waals surface area contributed by atoms with Crippen molar-refractivity contribution in [2.45, 2.75) is 13.5 Å². The van der Waals surface area contributed by atoms with E-state index in [1.54, 1.807) is 23.6 Å². The Morgan fingerprint density at radius 3 is 2.71 bits per heavy atom. The second-order valence-corrected chi connectivity index (χ2v) is 5.71. The highest BCUT2D eigenvalue weighted by Gasteiger charge is 2.20. The summed E-state index contributed by atoms with van der Waals surface area (Å²) in [5.74, 6) is -0.211. The zero-order valence-electron chi connectivity index (χ0n) is 12.2. The Balaban J connectivity index is 2.57. The number of aromatic nitrogens is 2. The van der Waals surface area contributed by atoms with Crippen molar-refractivity contribution < 1.29 is 9.53 Å². The maximum atomic E-state index is 12.1. The molecule has 21 heavy (non-hydrogen) atoms. The fourth-order valence-electron chi connectivity index (χ4n) is 2.03. The molecule has 5 nitrogen and oxygen atoms in total. The first-order valence-corrected chi connectivity index (χ1v) is 7.36. The Labute approximate surface area is 133 Å². The monoisotopic (exact) mass is 329 g/mol. The molecule has 0 unspecified atom stereocenters. The summed E-state index contributed by atoms with van der Waals surface area (Å²) in [6, 6.07) is 3.37. The van der Waals surface area contributed by atoms with Crippen LogP contribution in [0.2, 0.25) is 10.0 Å². The Bertz CT molecular complexity index is 668.